The van der Waals surface area contributed by atoms with Crippen molar-refractivity contribution in [1.82, 2.24) is 5.32 Å². The molecular formula is C14H17NO3. The van der Waals surface area contributed by atoms with Crippen LogP contribution in [0.4, 0.5) is 0 Å². The third-order valence-corrected chi connectivity index (χ3v) is 2.58. The lowest BCUT2D eigenvalue weighted by atomic mass is 10.1. The summed E-state index contributed by atoms with van der Waals surface area (Å²) < 4.78 is 0. The number of carboxylic acid groups (broad SMARTS) is 1. The summed E-state index contributed by atoms with van der Waals surface area (Å²) >= 11 is 0. The van der Waals surface area contributed by atoms with Gasteiger partial charge in [0.25, 0.3) is 5.91 Å². The van der Waals surface area contributed by atoms with Gasteiger partial charge in [0, 0.05) is 17.7 Å². The molecule has 4 heteroatoms. The lowest BCUT2D eigenvalue weighted by Gasteiger charge is -2.11. The molecule has 1 amide bonds. The molecule has 96 valence electrons. The number of carbonyl (C=O) groups is 2. The Morgan fingerprint density at radius 1 is 1.33 bits per heavy atom. The summed E-state index contributed by atoms with van der Waals surface area (Å²) in [5.74, 6) is -1.10. The summed E-state index contributed by atoms with van der Waals surface area (Å²) in [5, 5.41) is 11.4. The van der Waals surface area contributed by atoms with Gasteiger partial charge in [-0.3, -0.25) is 4.79 Å². The molecule has 0 aliphatic heterocycles. The highest BCUT2D eigenvalue weighted by Crippen LogP contribution is 2.07. The maximum atomic E-state index is 11.8. The molecule has 0 saturated heterocycles. The van der Waals surface area contributed by atoms with Crippen LogP contribution < -0.4 is 5.32 Å². The number of benzene rings is 1. The van der Waals surface area contributed by atoms with E-state index >= 15 is 0 Å². The highest BCUT2D eigenvalue weighted by Gasteiger charge is 2.07. The number of aliphatic carboxylic acids is 1. The van der Waals surface area contributed by atoms with E-state index in [4.69, 9.17) is 5.11 Å². The van der Waals surface area contributed by atoms with Gasteiger partial charge in [0.2, 0.25) is 0 Å². The van der Waals surface area contributed by atoms with E-state index in [0.717, 1.165) is 18.1 Å². The van der Waals surface area contributed by atoms with Crippen molar-refractivity contribution in [2.45, 2.75) is 26.3 Å². The van der Waals surface area contributed by atoms with Crippen LogP contribution in [0, 0.1) is 0 Å². The predicted molar refractivity (Wildman–Crippen MR) is 70.3 cm³/mol. The van der Waals surface area contributed by atoms with Crippen LogP contribution in [-0.4, -0.2) is 23.0 Å². The molecule has 1 atom stereocenters. The maximum Gasteiger partial charge on any atom is 0.328 e. The Kier molecular flexibility index (Phi) is 5.11. The molecule has 0 aliphatic carbocycles. The average molecular weight is 247 g/mol. The van der Waals surface area contributed by atoms with E-state index in [1.165, 1.54) is 6.08 Å². The summed E-state index contributed by atoms with van der Waals surface area (Å²) in [6, 6.07) is 6.93. The zero-order valence-corrected chi connectivity index (χ0v) is 10.5. The zero-order valence-electron chi connectivity index (χ0n) is 10.5. The quantitative estimate of drug-likeness (QED) is 0.785. The van der Waals surface area contributed by atoms with Crippen LogP contribution >= 0.6 is 0 Å². The van der Waals surface area contributed by atoms with Gasteiger partial charge in [-0.25, -0.2) is 4.79 Å². The fourth-order valence-electron chi connectivity index (χ4n) is 1.32. The van der Waals surface area contributed by atoms with E-state index < -0.39 is 5.97 Å². The Bertz CT molecular complexity index is 449. The standard InChI is InChI=1S/C14H17NO3/c1-3-10(2)15-14(18)12-7-4-11(5-8-12)6-9-13(16)17/h4-10H,3H2,1-2H3,(H,15,18)(H,16,17)/b9-6+. The monoisotopic (exact) mass is 247 g/mol. The van der Waals surface area contributed by atoms with Crippen LogP contribution in [0.5, 0.6) is 0 Å². The second-order valence-electron chi connectivity index (χ2n) is 4.08. The highest BCUT2D eigenvalue weighted by atomic mass is 16.4. The van der Waals surface area contributed by atoms with Crippen molar-refractivity contribution in [3.63, 3.8) is 0 Å². The van der Waals surface area contributed by atoms with E-state index in [9.17, 15) is 9.59 Å². The van der Waals surface area contributed by atoms with Gasteiger partial charge >= 0.3 is 5.97 Å². The molecule has 0 heterocycles. The van der Waals surface area contributed by atoms with Gasteiger partial charge in [-0.1, -0.05) is 19.1 Å². The molecule has 0 saturated carbocycles. The molecule has 0 bridgehead atoms. The number of carboxylic acids is 1. The van der Waals surface area contributed by atoms with Crippen molar-refractivity contribution >= 4 is 18.0 Å². The van der Waals surface area contributed by atoms with E-state index in [0.29, 0.717) is 5.56 Å². The number of amides is 1. The fourth-order valence-corrected chi connectivity index (χ4v) is 1.32. The van der Waals surface area contributed by atoms with E-state index in [-0.39, 0.29) is 11.9 Å². The summed E-state index contributed by atoms with van der Waals surface area (Å²) in [6.45, 7) is 3.95. The first kappa shape index (κ1) is 14.0. The molecule has 4 nitrogen and oxygen atoms in total. The second kappa shape index (κ2) is 6.59. The molecule has 0 spiro atoms. The Morgan fingerprint density at radius 2 is 1.94 bits per heavy atom. The zero-order chi connectivity index (χ0) is 13.5. The molecule has 1 aromatic rings. The summed E-state index contributed by atoms with van der Waals surface area (Å²) in [4.78, 5) is 22.1. The third-order valence-electron chi connectivity index (χ3n) is 2.58. The van der Waals surface area contributed by atoms with Crippen LogP contribution in [-0.2, 0) is 4.79 Å². The van der Waals surface area contributed by atoms with Gasteiger partial charge in [-0.15, -0.1) is 0 Å². The number of nitrogens with one attached hydrogen (secondary N) is 1. The van der Waals surface area contributed by atoms with Crippen LogP contribution in [0.1, 0.15) is 36.2 Å². The van der Waals surface area contributed by atoms with Gasteiger partial charge in [0.15, 0.2) is 0 Å². The molecule has 1 aromatic carbocycles. The van der Waals surface area contributed by atoms with Crippen molar-refractivity contribution in [3.8, 4) is 0 Å². The lowest BCUT2D eigenvalue weighted by Crippen LogP contribution is -2.31. The molecule has 18 heavy (non-hydrogen) atoms. The van der Waals surface area contributed by atoms with E-state index in [1.54, 1.807) is 24.3 Å². The number of carbonyl (C=O) groups excluding carboxylic acids is 1. The van der Waals surface area contributed by atoms with E-state index in [2.05, 4.69) is 5.32 Å². The number of hydrogen-bond donors (Lipinski definition) is 2. The highest BCUT2D eigenvalue weighted by molar-refractivity contribution is 5.94. The fraction of sp³-hybridized carbons (Fsp3) is 0.286. The minimum absolute atomic E-state index is 0.113. The number of hydrogen-bond acceptors (Lipinski definition) is 2. The molecule has 0 fully saturated rings. The van der Waals surface area contributed by atoms with Gasteiger partial charge in [-0.2, -0.15) is 0 Å². The van der Waals surface area contributed by atoms with Gasteiger partial charge in [-0.05, 0) is 37.1 Å². The van der Waals surface area contributed by atoms with Crippen molar-refractivity contribution in [1.29, 1.82) is 0 Å². The topological polar surface area (TPSA) is 66.4 Å². The normalized spacial score (nSPS) is 12.3. The SMILES string of the molecule is CCC(C)NC(=O)c1ccc(/C=C/C(=O)O)cc1. The van der Waals surface area contributed by atoms with Crippen molar-refractivity contribution in [2.75, 3.05) is 0 Å². The first-order chi connectivity index (χ1) is 8.52. The van der Waals surface area contributed by atoms with Crippen LogP contribution in [0.3, 0.4) is 0 Å². The average Bonchev–Trinajstić information content (AvgIpc) is 2.36. The second-order valence-corrected chi connectivity index (χ2v) is 4.08. The third kappa shape index (κ3) is 4.41. The summed E-state index contributed by atoms with van der Waals surface area (Å²) in [5.41, 5.74) is 1.32. The molecule has 0 aliphatic rings. The van der Waals surface area contributed by atoms with Gasteiger partial charge in [0.1, 0.15) is 0 Å². The molecule has 0 radical (unpaired) electrons. The Labute approximate surface area is 106 Å². The Morgan fingerprint density at radius 3 is 2.44 bits per heavy atom. The van der Waals surface area contributed by atoms with Crippen molar-refractivity contribution < 1.29 is 14.7 Å². The van der Waals surface area contributed by atoms with Crippen LogP contribution in [0.25, 0.3) is 6.08 Å². The molecule has 1 rings (SSSR count). The first-order valence-electron chi connectivity index (χ1n) is 5.85. The van der Waals surface area contributed by atoms with Crippen LogP contribution in [0.15, 0.2) is 30.3 Å². The maximum absolute atomic E-state index is 11.8. The smallest absolute Gasteiger partial charge is 0.328 e. The number of rotatable bonds is 5. The predicted octanol–water partition coefficient (Wildman–Crippen LogP) is 2.31. The molecule has 0 aromatic heterocycles. The molecular weight excluding hydrogens is 230 g/mol. The van der Waals surface area contributed by atoms with Gasteiger partial charge in [0.05, 0.1) is 0 Å². The largest absolute Gasteiger partial charge is 0.478 e. The molecule has 2 N–H and O–H groups in total. The minimum atomic E-state index is -0.992. The van der Waals surface area contributed by atoms with Crippen LogP contribution in [0.2, 0.25) is 0 Å². The molecule has 1 unspecified atom stereocenters. The minimum Gasteiger partial charge on any atom is -0.478 e. The van der Waals surface area contributed by atoms with Crippen molar-refractivity contribution in [3.05, 3.63) is 41.5 Å². The first-order valence-corrected chi connectivity index (χ1v) is 5.85. The van der Waals surface area contributed by atoms with Gasteiger partial charge < -0.3 is 10.4 Å². The van der Waals surface area contributed by atoms with E-state index in [1.807, 2.05) is 13.8 Å². The van der Waals surface area contributed by atoms with Crippen molar-refractivity contribution in [2.24, 2.45) is 0 Å². The Balaban J connectivity index is 2.70. The Hall–Kier alpha value is -2.10. The summed E-state index contributed by atoms with van der Waals surface area (Å²) in [7, 11) is 0. The lowest BCUT2D eigenvalue weighted by molar-refractivity contribution is -0.131. The summed E-state index contributed by atoms with van der Waals surface area (Å²) in [6.07, 6.45) is 3.43.